The highest BCUT2D eigenvalue weighted by Gasteiger charge is 2.26. The summed E-state index contributed by atoms with van der Waals surface area (Å²) in [7, 11) is 0. The summed E-state index contributed by atoms with van der Waals surface area (Å²) in [5, 5.41) is 12.8. The number of hydrogen-bond donors (Lipinski definition) is 1. The van der Waals surface area contributed by atoms with Gasteiger partial charge in [0.05, 0.1) is 23.3 Å². The molecule has 5 rings (SSSR count). The Balaban J connectivity index is 1.79. The molecule has 0 bridgehead atoms. The average molecular weight is 407 g/mol. The van der Waals surface area contributed by atoms with E-state index in [9.17, 15) is 10.1 Å². The van der Waals surface area contributed by atoms with Crippen LogP contribution >= 0.6 is 0 Å². The van der Waals surface area contributed by atoms with E-state index in [0.717, 1.165) is 5.56 Å². The van der Waals surface area contributed by atoms with Gasteiger partial charge in [-0.15, -0.1) is 0 Å². The van der Waals surface area contributed by atoms with E-state index < -0.39 is 5.91 Å². The van der Waals surface area contributed by atoms with Gasteiger partial charge in [0.25, 0.3) is 5.91 Å². The van der Waals surface area contributed by atoms with Gasteiger partial charge in [-0.3, -0.25) is 4.79 Å². The van der Waals surface area contributed by atoms with Crippen molar-refractivity contribution in [2.24, 2.45) is 0 Å². The summed E-state index contributed by atoms with van der Waals surface area (Å²) in [5.41, 5.74) is 3.63. The van der Waals surface area contributed by atoms with E-state index in [1.54, 1.807) is 12.1 Å². The summed E-state index contributed by atoms with van der Waals surface area (Å²) in [6.45, 7) is 2.00. The fourth-order valence-corrected chi connectivity index (χ4v) is 3.73. The Kier molecular flexibility index (Phi) is 4.45. The molecule has 0 radical (unpaired) electrons. The number of nitrogens with one attached hydrogen (secondary N) is 1. The summed E-state index contributed by atoms with van der Waals surface area (Å²) in [6, 6.07) is 22.5. The fraction of sp³-hybridized carbons (Fsp3) is 0.0833. The van der Waals surface area contributed by atoms with Crippen LogP contribution < -0.4 is 5.32 Å². The van der Waals surface area contributed by atoms with Gasteiger partial charge in [0.2, 0.25) is 0 Å². The van der Waals surface area contributed by atoms with Crippen LogP contribution in [0.1, 0.15) is 34.6 Å². The number of amides is 1. The van der Waals surface area contributed by atoms with Gasteiger partial charge in [-0.2, -0.15) is 5.26 Å². The van der Waals surface area contributed by atoms with E-state index in [2.05, 4.69) is 11.4 Å². The number of para-hydroxylation sites is 2. The molecule has 0 fully saturated rings. The number of nitriles is 1. The van der Waals surface area contributed by atoms with Gasteiger partial charge in [-0.25, -0.2) is 9.97 Å². The van der Waals surface area contributed by atoms with Crippen molar-refractivity contribution < 1.29 is 9.21 Å². The van der Waals surface area contributed by atoms with Crippen molar-refractivity contribution in [3.8, 4) is 6.07 Å². The first kappa shape index (κ1) is 18.6. The quantitative estimate of drug-likeness (QED) is 0.456. The number of carbonyl (C=O) groups is 1. The molecule has 0 aliphatic rings. The SMILES string of the molecule is C[C@@H](c1ccccc1)n1c(NC(=O)c2ccco2)c(C#N)c2nc3ccccc3nc21. The summed E-state index contributed by atoms with van der Waals surface area (Å²) < 4.78 is 7.08. The molecular weight excluding hydrogens is 390 g/mol. The lowest BCUT2D eigenvalue weighted by atomic mass is 10.1. The topological polar surface area (TPSA) is 96.7 Å². The molecule has 0 unspecified atom stereocenters. The van der Waals surface area contributed by atoms with Gasteiger partial charge >= 0.3 is 0 Å². The Hall–Kier alpha value is -4.44. The summed E-state index contributed by atoms with van der Waals surface area (Å²) >= 11 is 0. The van der Waals surface area contributed by atoms with E-state index in [1.165, 1.54) is 6.26 Å². The molecule has 0 aliphatic carbocycles. The monoisotopic (exact) mass is 407 g/mol. The van der Waals surface area contributed by atoms with Crippen LogP contribution in [-0.2, 0) is 0 Å². The molecule has 2 aromatic carbocycles. The molecule has 5 aromatic rings. The van der Waals surface area contributed by atoms with Gasteiger partial charge in [0, 0.05) is 0 Å². The van der Waals surface area contributed by atoms with Gasteiger partial charge in [-0.05, 0) is 36.8 Å². The third-order valence-electron chi connectivity index (χ3n) is 5.25. The van der Waals surface area contributed by atoms with Crippen molar-refractivity contribution in [1.29, 1.82) is 5.26 Å². The highest BCUT2D eigenvalue weighted by molar-refractivity contribution is 6.05. The Labute approximate surface area is 177 Å². The number of furan rings is 1. The third kappa shape index (κ3) is 3.11. The Morgan fingerprint density at radius 2 is 1.74 bits per heavy atom. The van der Waals surface area contributed by atoms with Crippen LogP contribution in [0, 0.1) is 11.3 Å². The Morgan fingerprint density at radius 3 is 2.42 bits per heavy atom. The van der Waals surface area contributed by atoms with Crippen molar-refractivity contribution in [1.82, 2.24) is 14.5 Å². The number of fused-ring (bicyclic) bond motifs is 2. The largest absolute Gasteiger partial charge is 0.459 e. The predicted molar refractivity (Wildman–Crippen MR) is 117 cm³/mol. The van der Waals surface area contributed by atoms with Crippen molar-refractivity contribution in [2.45, 2.75) is 13.0 Å². The zero-order chi connectivity index (χ0) is 21.4. The molecule has 7 nitrogen and oxygen atoms in total. The maximum absolute atomic E-state index is 12.8. The van der Waals surface area contributed by atoms with E-state index in [1.807, 2.05) is 66.1 Å². The second-order valence-corrected chi connectivity index (χ2v) is 7.11. The van der Waals surface area contributed by atoms with Crippen LogP contribution in [0.3, 0.4) is 0 Å². The zero-order valence-corrected chi connectivity index (χ0v) is 16.6. The number of anilines is 1. The number of aromatic nitrogens is 3. The minimum atomic E-state index is -0.449. The lowest BCUT2D eigenvalue weighted by Gasteiger charge is -2.19. The lowest BCUT2D eigenvalue weighted by Crippen LogP contribution is -2.18. The van der Waals surface area contributed by atoms with Crippen molar-refractivity contribution in [3.05, 3.63) is 89.9 Å². The normalized spacial score (nSPS) is 12.0. The number of benzene rings is 2. The first-order valence-electron chi connectivity index (χ1n) is 9.78. The summed E-state index contributed by atoms with van der Waals surface area (Å²) in [5.74, 6) is 0.0417. The maximum atomic E-state index is 12.8. The predicted octanol–water partition coefficient (Wildman–Crippen LogP) is 4.91. The summed E-state index contributed by atoms with van der Waals surface area (Å²) in [6.07, 6.45) is 1.43. The molecule has 0 spiro atoms. The third-order valence-corrected chi connectivity index (χ3v) is 5.25. The molecule has 7 heteroatoms. The molecule has 0 saturated heterocycles. The van der Waals surface area contributed by atoms with Crippen molar-refractivity contribution in [3.63, 3.8) is 0 Å². The smallest absolute Gasteiger partial charge is 0.292 e. The van der Waals surface area contributed by atoms with Crippen molar-refractivity contribution >= 4 is 33.9 Å². The molecule has 1 atom stereocenters. The molecule has 1 N–H and O–H groups in total. The average Bonchev–Trinajstić information content (AvgIpc) is 3.44. The van der Waals surface area contributed by atoms with E-state index in [-0.39, 0.29) is 17.4 Å². The van der Waals surface area contributed by atoms with Crippen LogP contribution in [0.2, 0.25) is 0 Å². The van der Waals surface area contributed by atoms with Crippen LogP contribution in [0.25, 0.3) is 22.2 Å². The highest BCUT2D eigenvalue weighted by atomic mass is 16.3. The van der Waals surface area contributed by atoms with Crippen LogP contribution in [-0.4, -0.2) is 20.4 Å². The zero-order valence-electron chi connectivity index (χ0n) is 16.6. The van der Waals surface area contributed by atoms with E-state index in [0.29, 0.717) is 28.0 Å². The second-order valence-electron chi connectivity index (χ2n) is 7.11. The van der Waals surface area contributed by atoms with Gasteiger partial charge < -0.3 is 14.3 Å². The van der Waals surface area contributed by atoms with Gasteiger partial charge in [0.15, 0.2) is 11.4 Å². The second kappa shape index (κ2) is 7.43. The molecule has 31 heavy (non-hydrogen) atoms. The summed E-state index contributed by atoms with van der Waals surface area (Å²) in [4.78, 5) is 22.3. The molecule has 3 aromatic heterocycles. The number of carbonyl (C=O) groups excluding carboxylic acids is 1. The van der Waals surface area contributed by atoms with E-state index >= 15 is 0 Å². The molecule has 0 aliphatic heterocycles. The van der Waals surface area contributed by atoms with Crippen LogP contribution in [0.4, 0.5) is 5.82 Å². The first-order chi connectivity index (χ1) is 15.2. The van der Waals surface area contributed by atoms with Crippen molar-refractivity contribution in [2.75, 3.05) is 5.32 Å². The molecule has 3 heterocycles. The standard InChI is InChI=1S/C24H17N5O2/c1-15(16-8-3-2-4-9-16)29-22(28-24(30)20-12-7-13-31-20)17(14-25)21-23(29)27-19-11-6-5-10-18(19)26-21/h2-13,15H,1H3,(H,28,30)/t15-/m0/s1. The minimum absolute atomic E-state index is 0.152. The highest BCUT2D eigenvalue weighted by Crippen LogP contribution is 2.34. The van der Waals surface area contributed by atoms with Gasteiger partial charge in [-0.1, -0.05) is 42.5 Å². The fourth-order valence-electron chi connectivity index (χ4n) is 3.73. The van der Waals surface area contributed by atoms with Crippen LogP contribution in [0.5, 0.6) is 0 Å². The van der Waals surface area contributed by atoms with Crippen LogP contribution in [0.15, 0.2) is 77.4 Å². The first-order valence-corrected chi connectivity index (χ1v) is 9.78. The number of hydrogen-bond acceptors (Lipinski definition) is 5. The number of nitrogens with zero attached hydrogens (tertiary/aromatic N) is 4. The van der Waals surface area contributed by atoms with Gasteiger partial charge in [0.1, 0.15) is 23.0 Å². The minimum Gasteiger partial charge on any atom is -0.459 e. The molecule has 0 saturated carbocycles. The van der Waals surface area contributed by atoms with E-state index in [4.69, 9.17) is 14.4 Å². The Morgan fingerprint density at radius 1 is 1.03 bits per heavy atom. The Bertz CT molecular complexity index is 1450. The molecule has 1 amide bonds. The lowest BCUT2D eigenvalue weighted by molar-refractivity contribution is 0.0996. The molecular formula is C24H17N5O2. The number of rotatable bonds is 4. The molecule has 150 valence electrons. The maximum Gasteiger partial charge on any atom is 0.292 e.